The van der Waals surface area contributed by atoms with Crippen LogP contribution in [-0.2, 0) is 26.0 Å². The first-order valence-electron chi connectivity index (χ1n) is 20.0. The Kier molecular flexibility index (Phi) is 7.08. The van der Waals surface area contributed by atoms with Crippen molar-refractivity contribution < 1.29 is 29.3 Å². The number of hydrogen-bond donors (Lipinski definition) is 1. The molecule has 10 nitrogen and oxygen atoms in total. The van der Waals surface area contributed by atoms with Gasteiger partial charge < -0.3 is 39.5 Å². The van der Waals surface area contributed by atoms with E-state index in [0.717, 1.165) is 35.3 Å². The maximum atomic E-state index is 14.1. The second kappa shape index (κ2) is 13.1. The lowest BCUT2D eigenvalue weighted by Gasteiger charge is -2.25. The molecule has 0 aromatic heterocycles. The number of nitrogen functional groups attached to an aromatic ring is 1. The molecular formula is C44H43N5O5. The van der Waals surface area contributed by atoms with Gasteiger partial charge in [-0.05, 0) is 90.0 Å². The number of nitrogens with zero attached hydrogens (tertiary/aromatic N) is 4. The van der Waals surface area contributed by atoms with E-state index in [2.05, 4.69) is 6.07 Å². The van der Waals surface area contributed by atoms with Crippen molar-refractivity contribution in [2.75, 3.05) is 59.6 Å². The zero-order chi connectivity index (χ0) is 40.8. The third kappa shape index (κ3) is 5.64. The van der Waals surface area contributed by atoms with Crippen molar-refractivity contribution in [2.45, 2.75) is 45.0 Å². The number of nitrogens with two attached hydrogens (primary N) is 1. The van der Waals surface area contributed by atoms with E-state index in [0.29, 0.717) is 41.2 Å². The zero-order valence-electron chi connectivity index (χ0n) is 34.6. The minimum Gasteiger partial charge on any atom is -0.493 e. The molecule has 4 aliphatic rings. The van der Waals surface area contributed by atoms with E-state index in [4.69, 9.17) is 25.4 Å². The van der Waals surface area contributed by atoms with Gasteiger partial charge in [0, 0.05) is 56.4 Å². The highest BCUT2D eigenvalue weighted by atomic mass is 16.5. The average Bonchev–Trinajstić information content (AvgIpc) is 3.69. The molecule has 0 saturated carbocycles. The average molecular weight is 726 g/mol. The molecule has 274 valence electrons. The van der Waals surface area contributed by atoms with E-state index in [-0.39, 0.29) is 58.0 Å². The molecule has 5 aromatic rings. The number of anilines is 5. The number of benzene rings is 5. The SMILES string of the molecule is [2H]C([2H])(Oc1cc2c(cc1C)C(=O)N1c3ccccc3C[C@H]1CN2C)c1cc(N)cc(C([2H])([2H])Oc2cc3c(cc2OC)C(=O)N2c4ccccc4C[C@H]2CN3C)c1. The molecule has 2 atom stereocenters. The van der Waals surface area contributed by atoms with E-state index < -0.39 is 13.1 Å². The summed E-state index contributed by atoms with van der Waals surface area (Å²) in [5.74, 6) is 0.139. The normalized spacial score (nSPS) is 19.9. The van der Waals surface area contributed by atoms with Crippen LogP contribution < -0.4 is 39.5 Å². The predicted octanol–water partition coefficient (Wildman–Crippen LogP) is 6.79. The molecular weight excluding hydrogens is 679 g/mol. The molecule has 2 amide bonds. The van der Waals surface area contributed by atoms with Crippen LogP contribution in [0.2, 0.25) is 0 Å². The molecule has 2 N–H and O–H groups in total. The van der Waals surface area contributed by atoms with Crippen molar-refractivity contribution in [3.8, 4) is 17.2 Å². The predicted molar refractivity (Wildman–Crippen MR) is 212 cm³/mol. The summed E-state index contributed by atoms with van der Waals surface area (Å²) in [6.45, 7) is -2.14. The smallest absolute Gasteiger partial charge is 0.260 e. The van der Waals surface area contributed by atoms with Crippen molar-refractivity contribution in [3.63, 3.8) is 0 Å². The maximum Gasteiger partial charge on any atom is 0.260 e. The summed E-state index contributed by atoms with van der Waals surface area (Å²) >= 11 is 0. The number of amides is 2. The fraction of sp³-hybridized carbons (Fsp3) is 0.273. The summed E-state index contributed by atoms with van der Waals surface area (Å²) < 4.78 is 54.2. The largest absolute Gasteiger partial charge is 0.493 e. The van der Waals surface area contributed by atoms with E-state index in [1.807, 2.05) is 76.2 Å². The van der Waals surface area contributed by atoms with Crippen molar-refractivity contribution in [1.82, 2.24) is 0 Å². The number of carbonyl (C=O) groups is 2. The third-order valence-corrected chi connectivity index (χ3v) is 10.9. The molecule has 0 spiro atoms. The molecule has 4 heterocycles. The number of methoxy groups -OCH3 is 1. The Morgan fingerprint density at radius 3 is 1.72 bits per heavy atom. The standard InChI is InChI=1S/C44H43N5O5/c1-26-13-34-38(46(2)22-32-17-29-9-5-7-11-36(29)48(32)43(34)50)20-40(26)53-24-27-14-28(16-31(45)15-27)25-54-42-21-39-35(19-41(42)52-4)44(51)49-33(23-47(39)3)18-30-10-6-8-12-37(30)49/h5-16,19-21,32-33H,17-18,22-25,45H2,1-4H3/t32-,33-/m0/s1/i24D2,25D2. The number of carbonyl (C=O) groups excluding carboxylic acids is 2. The number of fused-ring (bicyclic) bond motifs is 8. The van der Waals surface area contributed by atoms with Crippen LogP contribution in [0.4, 0.5) is 28.4 Å². The molecule has 0 radical (unpaired) electrons. The van der Waals surface area contributed by atoms with Crippen molar-refractivity contribution in [1.29, 1.82) is 0 Å². The number of rotatable bonds is 7. The lowest BCUT2D eigenvalue weighted by molar-refractivity contribution is 0.0975. The molecule has 54 heavy (non-hydrogen) atoms. The van der Waals surface area contributed by atoms with Gasteiger partial charge in [0.25, 0.3) is 11.8 Å². The van der Waals surface area contributed by atoms with Gasteiger partial charge in [0.1, 0.15) is 18.9 Å². The summed E-state index contributed by atoms with van der Waals surface area (Å²) in [4.78, 5) is 35.8. The van der Waals surface area contributed by atoms with Crippen LogP contribution in [0.5, 0.6) is 17.2 Å². The van der Waals surface area contributed by atoms with E-state index >= 15 is 0 Å². The Morgan fingerprint density at radius 1 is 0.667 bits per heavy atom. The van der Waals surface area contributed by atoms with Crippen LogP contribution in [0.25, 0.3) is 0 Å². The molecule has 0 bridgehead atoms. The highest BCUT2D eigenvalue weighted by Gasteiger charge is 2.40. The van der Waals surface area contributed by atoms with Gasteiger partial charge in [-0.2, -0.15) is 0 Å². The van der Waals surface area contributed by atoms with Crippen LogP contribution in [-0.4, -0.2) is 58.2 Å². The molecule has 0 aliphatic carbocycles. The monoisotopic (exact) mass is 725 g/mol. The second-order valence-corrected chi connectivity index (χ2v) is 14.5. The third-order valence-electron chi connectivity index (χ3n) is 10.9. The van der Waals surface area contributed by atoms with Crippen LogP contribution in [0, 0.1) is 6.92 Å². The van der Waals surface area contributed by atoms with E-state index in [9.17, 15) is 9.59 Å². The Labute approximate surface area is 320 Å². The first-order chi connectivity index (χ1) is 27.6. The first-order valence-corrected chi connectivity index (χ1v) is 18.0. The van der Waals surface area contributed by atoms with Crippen molar-refractivity contribution in [3.05, 3.63) is 130 Å². The van der Waals surface area contributed by atoms with Gasteiger partial charge >= 0.3 is 0 Å². The Morgan fingerprint density at radius 2 is 1.17 bits per heavy atom. The van der Waals surface area contributed by atoms with E-state index in [1.165, 1.54) is 25.3 Å². The summed E-state index contributed by atoms with van der Waals surface area (Å²) in [6.07, 6.45) is 1.46. The maximum absolute atomic E-state index is 14.1. The van der Waals surface area contributed by atoms with Crippen LogP contribution in [0.1, 0.15) is 54.0 Å². The summed E-state index contributed by atoms with van der Waals surface area (Å²) in [6, 6.07) is 26.4. The second-order valence-electron chi connectivity index (χ2n) is 14.5. The lowest BCUT2D eigenvalue weighted by Crippen LogP contribution is -2.41. The minimum absolute atomic E-state index is 0.0360. The topological polar surface area (TPSA) is 101 Å². The van der Waals surface area contributed by atoms with Gasteiger partial charge in [0.05, 0.1) is 47.2 Å². The van der Waals surface area contributed by atoms with Gasteiger partial charge in [-0.25, -0.2) is 0 Å². The molecule has 5 aromatic carbocycles. The molecule has 4 aliphatic heterocycles. The summed E-state index contributed by atoms with van der Waals surface area (Å²) in [5, 5.41) is 0. The summed E-state index contributed by atoms with van der Waals surface area (Å²) in [5.41, 5.74) is 13.0. The van der Waals surface area contributed by atoms with Gasteiger partial charge in [-0.1, -0.05) is 36.4 Å². The quantitative estimate of drug-likeness (QED) is 0.183. The van der Waals surface area contributed by atoms with Crippen molar-refractivity contribution in [2.24, 2.45) is 0 Å². The highest BCUT2D eigenvalue weighted by molar-refractivity contribution is 6.13. The molecule has 0 fully saturated rings. The van der Waals surface area contributed by atoms with Crippen LogP contribution >= 0.6 is 0 Å². The number of aryl methyl sites for hydroxylation is 1. The minimum atomic E-state index is -2.54. The Balaban J connectivity index is 0.999. The Hall–Kier alpha value is -6.16. The molecule has 10 heteroatoms. The number of hydrogen-bond acceptors (Lipinski definition) is 8. The lowest BCUT2D eigenvalue weighted by atomic mass is 10.1. The van der Waals surface area contributed by atoms with Crippen LogP contribution in [0.15, 0.2) is 91.0 Å². The number of ether oxygens (including phenoxy) is 3. The highest BCUT2D eigenvalue weighted by Crippen LogP contribution is 2.43. The van der Waals surface area contributed by atoms with Gasteiger partial charge in [-0.15, -0.1) is 0 Å². The van der Waals surface area contributed by atoms with Crippen LogP contribution in [0.3, 0.4) is 0 Å². The fourth-order valence-electron chi connectivity index (χ4n) is 8.40. The fourth-order valence-corrected chi connectivity index (χ4v) is 8.40. The van der Waals surface area contributed by atoms with Crippen molar-refractivity contribution >= 4 is 40.3 Å². The number of likely N-dealkylation sites (N-methyl/N-ethyl adjacent to an activating group) is 2. The van der Waals surface area contributed by atoms with Gasteiger partial charge in [-0.3, -0.25) is 9.59 Å². The van der Waals surface area contributed by atoms with E-state index in [1.54, 1.807) is 31.2 Å². The number of para-hydroxylation sites is 2. The molecule has 0 unspecified atom stereocenters. The Bertz CT molecular complexity index is 2530. The molecule has 9 rings (SSSR count). The first kappa shape index (κ1) is 29.3. The van der Waals surface area contributed by atoms with Gasteiger partial charge in [0.15, 0.2) is 11.5 Å². The summed E-state index contributed by atoms with van der Waals surface area (Å²) in [7, 11) is 5.23. The molecule has 0 saturated heterocycles. The van der Waals surface area contributed by atoms with Gasteiger partial charge in [0.2, 0.25) is 0 Å². The zero-order valence-corrected chi connectivity index (χ0v) is 30.6.